The van der Waals surface area contributed by atoms with Crippen molar-refractivity contribution in [2.75, 3.05) is 0 Å². The summed E-state index contributed by atoms with van der Waals surface area (Å²) in [5.41, 5.74) is 14.4. The molecule has 11 aromatic rings. The molecule has 0 aliphatic carbocycles. The molecule has 0 N–H and O–H groups in total. The van der Waals surface area contributed by atoms with Crippen molar-refractivity contribution in [3.8, 4) is 39.5 Å². The smallest absolute Gasteiger partial charge is 0.121 e. The third-order valence-corrected chi connectivity index (χ3v) is 12.3. The maximum atomic E-state index is 6.16. The monoisotopic (exact) mass is 1010 g/mol. The molecule has 0 spiro atoms. The second kappa shape index (κ2) is 17.8. The Hall–Kier alpha value is -6.65. The van der Waals surface area contributed by atoms with Crippen LogP contribution in [0, 0.1) is 12.1 Å². The average molecular weight is 1010 g/mol. The average Bonchev–Trinajstić information content (AvgIpc) is 3.90. The van der Waals surface area contributed by atoms with E-state index < -0.39 is 0 Å². The molecule has 0 amide bonds. The van der Waals surface area contributed by atoms with Gasteiger partial charge in [0.2, 0.25) is 0 Å². The summed E-state index contributed by atoms with van der Waals surface area (Å²) in [6.45, 7) is 13.6. The van der Waals surface area contributed by atoms with E-state index in [-0.39, 0.29) is 20.1 Å². The molecule has 5 heteroatoms. The van der Waals surface area contributed by atoms with Crippen LogP contribution in [0.1, 0.15) is 76.0 Å². The second-order valence-corrected chi connectivity index (χ2v) is 17.4. The molecule has 0 aliphatic heterocycles. The molecule has 1 radical (unpaired) electrons. The molecular formula is C59H49IrN3O-2. The molecule has 0 saturated heterocycles. The topological polar surface area (TPSA) is 43.9 Å². The number of imidazole rings is 1. The van der Waals surface area contributed by atoms with Crippen molar-refractivity contribution in [2.24, 2.45) is 0 Å². The molecule has 11 rings (SSSR count). The molecule has 0 saturated carbocycles. The van der Waals surface area contributed by atoms with Gasteiger partial charge in [-0.2, -0.15) is 0 Å². The van der Waals surface area contributed by atoms with Gasteiger partial charge < -0.3 is 14.0 Å². The molecule has 4 nitrogen and oxygen atoms in total. The number of para-hydroxylation sites is 2. The third kappa shape index (κ3) is 7.85. The molecular weight excluding hydrogens is 959 g/mol. The molecule has 317 valence electrons. The minimum absolute atomic E-state index is 0. The Bertz CT molecular complexity index is 3410. The van der Waals surface area contributed by atoms with Gasteiger partial charge in [-0.25, -0.2) is 0 Å². The van der Waals surface area contributed by atoms with E-state index in [1.807, 2.05) is 24.3 Å². The van der Waals surface area contributed by atoms with Gasteiger partial charge in [0, 0.05) is 37.4 Å². The Morgan fingerprint density at radius 1 is 0.562 bits per heavy atom. The minimum atomic E-state index is 0. The van der Waals surface area contributed by atoms with Crippen molar-refractivity contribution in [1.82, 2.24) is 14.5 Å². The zero-order chi connectivity index (χ0) is 43.2. The van der Waals surface area contributed by atoms with E-state index in [1.54, 1.807) is 6.20 Å². The van der Waals surface area contributed by atoms with Gasteiger partial charge in [-0.05, 0) is 93.0 Å². The van der Waals surface area contributed by atoms with Crippen molar-refractivity contribution < 1.29 is 24.5 Å². The third-order valence-electron chi connectivity index (χ3n) is 12.3. The van der Waals surface area contributed by atoms with E-state index >= 15 is 0 Å². The number of rotatable bonds is 7. The van der Waals surface area contributed by atoms with E-state index in [2.05, 4.69) is 203 Å². The van der Waals surface area contributed by atoms with Gasteiger partial charge in [-0.1, -0.05) is 166 Å². The summed E-state index contributed by atoms with van der Waals surface area (Å²) in [5, 5.41) is 7.17. The van der Waals surface area contributed by atoms with E-state index in [0.29, 0.717) is 17.8 Å². The summed E-state index contributed by atoms with van der Waals surface area (Å²) < 4.78 is 8.55. The Balaban J connectivity index is 0.000000190. The molecule has 0 bridgehead atoms. The normalized spacial score (nSPS) is 11.6. The van der Waals surface area contributed by atoms with Crippen LogP contribution < -0.4 is 0 Å². The number of aromatic nitrogens is 3. The van der Waals surface area contributed by atoms with Crippen LogP contribution in [0.2, 0.25) is 0 Å². The zero-order valence-corrected chi connectivity index (χ0v) is 39.4. The second-order valence-electron chi connectivity index (χ2n) is 17.4. The van der Waals surface area contributed by atoms with Gasteiger partial charge in [0.05, 0.1) is 22.4 Å². The maximum absolute atomic E-state index is 6.16. The number of nitrogens with zero attached hydrogens (tertiary/aromatic N) is 3. The van der Waals surface area contributed by atoms with Crippen molar-refractivity contribution in [1.29, 1.82) is 0 Å². The number of pyridine rings is 1. The minimum Gasteiger partial charge on any atom is -0.501 e. The van der Waals surface area contributed by atoms with E-state index in [4.69, 9.17) is 9.40 Å². The van der Waals surface area contributed by atoms with Gasteiger partial charge in [-0.3, -0.25) is 4.98 Å². The van der Waals surface area contributed by atoms with Crippen molar-refractivity contribution in [2.45, 2.75) is 59.3 Å². The van der Waals surface area contributed by atoms with Crippen LogP contribution in [0.25, 0.3) is 94.0 Å². The summed E-state index contributed by atoms with van der Waals surface area (Å²) in [7, 11) is 0. The van der Waals surface area contributed by atoms with Crippen LogP contribution in [-0.4, -0.2) is 14.5 Å². The molecule has 0 fully saturated rings. The SMILES string of the molecule is CC(C)c1cc(-c2ccccc2)cc(C(C)C)c1-n1c(-c2[c-]cc3c(ccc4ccccc43)c2)nc2ccccc21.CC(C)c1ccc2c(c1)oc1c(-c3ccccn3)[c-]ccc12.[Ir]. The summed E-state index contributed by atoms with van der Waals surface area (Å²) in [6, 6.07) is 64.6. The van der Waals surface area contributed by atoms with Gasteiger partial charge in [0.15, 0.2) is 0 Å². The molecule has 64 heavy (non-hydrogen) atoms. The van der Waals surface area contributed by atoms with Crippen LogP contribution >= 0.6 is 0 Å². The summed E-state index contributed by atoms with van der Waals surface area (Å²) in [5.74, 6) is 2.07. The van der Waals surface area contributed by atoms with Crippen LogP contribution in [0.5, 0.6) is 0 Å². The van der Waals surface area contributed by atoms with E-state index in [0.717, 1.165) is 55.6 Å². The zero-order valence-electron chi connectivity index (χ0n) is 37.0. The predicted octanol–water partition coefficient (Wildman–Crippen LogP) is 16.3. The fourth-order valence-electron chi connectivity index (χ4n) is 8.94. The summed E-state index contributed by atoms with van der Waals surface area (Å²) in [6.07, 6.45) is 1.79. The molecule has 0 atom stereocenters. The molecule has 3 aromatic heterocycles. The van der Waals surface area contributed by atoms with Gasteiger partial charge >= 0.3 is 0 Å². The van der Waals surface area contributed by atoms with Gasteiger partial charge in [0.1, 0.15) is 5.58 Å². The van der Waals surface area contributed by atoms with Gasteiger partial charge in [0.25, 0.3) is 0 Å². The Kier molecular flexibility index (Phi) is 11.9. The van der Waals surface area contributed by atoms with E-state index in [9.17, 15) is 0 Å². The first-order valence-corrected chi connectivity index (χ1v) is 22.1. The first-order chi connectivity index (χ1) is 30.7. The first-order valence-electron chi connectivity index (χ1n) is 22.1. The molecule has 8 aromatic carbocycles. The fraction of sp³-hybridized carbons (Fsp3) is 0.153. The van der Waals surface area contributed by atoms with Gasteiger partial charge in [-0.15, -0.1) is 47.3 Å². The molecule has 0 unspecified atom stereocenters. The largest absolute Gasteiger partial charge is 0.501 e. The van der Waals surface area contributed by atoms with Crippen molar-refractivity contribution in [3.05, 3.63) is 199 Å². The number of fused-ring (bicyclic) bond motifs is 7. The number of furan rings is 1. The van der Waals surface area contributed by atoms with Crippen LogP contribution in [-0.2, 0) is 20.1 Å². The first kappa shape index (κ1) is 42.6. The Morgan fingerprint density at radius 2 is 1.28 bits per heavy atom. The van der Waals surface area contributed by atoms with Crippen LogP contribution in [0.3, 0.4) is 0 Å². The Labute approximate surface area is 389 Å². The molecule has 0 aliphatic rings. The Morgan fingerprint density at radius 3 is 2.03 bits per heavy atom. The summed E-state index contributed by atoms with van der Waals surface area (Å²) in [4.78, 5) is 9.67. The van der Waals surface area contributed by atoms with Crippen LogP contribution in [0.4, 0.5) is 0 Å². The standard InChI is InChI=1S/C39H33N2.C20H16NO.Ir/c1-25(2)34-23-31(27-12-6-5-7-13-27)24-35(26(3)4)38(34)41-37-17-11-10-16-36(37)40-39(41)30-20-21-33-29(22-30)19-18-28-14-8-9-15-32(28)33;1-13(2)14-9-10-15-16-6-5-7-17(18-8-3-4-11-21-18)20(16)22-19(15)12-14;/h5-19,21-26H,1-4H3;3-6,8-13H,1-2H3;/q2*-1;. The van der Waals surface area contributed by atoms with E-state index in [1.165, 1.54) is 55.0 Å². The summed E-state index contributed by atoms with van der Waals surface area (Å²) >= 11 is 0. The predicted molar refractivity (Wildman–Crippen MR) is 264 cm³/mol. The van der Waals surface area contributed by atoms with Crippen molar-refractivity contribution >= 4 is 54.5 Å². The quantitative estimate of drug-likeness (QED) is 0.118. The number of hydrogen-bond acceptors (Lipinski definition) is 3. The van der Waals surface area contributed by atoms with Crippen LogP contribution in [0.15, 0.2) is 174 Å². The fourth-order valence-corrected chi connectivity index (χ4v) is 8.94. The maximum Gasteiger partial charge on any atom is 0.121 e. The number of hydrogen-bond donors (Lipinski definition) is 0. The van der Waals surface area contributed by atoms with Crippen molar-refractivity contribution in [3.63, 3.8) is 0 Å². The molecule has 3 heterocycles. The number of benzene rings is 8.